The van der Waals surface area contributed by atoms with E-state index in [0.29, 0.717) is 34.3 Å². The smallest absolute Gasteiger partial charge is 0.265 e. The summed E-state index contributed by atoms with van der Waals surface area (Å²) in [6, 6.07) is 11.3. The highest BCUT2D eigenvalue weighted by Gasteiger charge is 2.29. The van der Waals surface area contributed by atoms with Crippen LogP contribution in [0.4, 0.5) is 0 Å². The number of nitrogens with one attached hydrogen (secondary N) is 1. The van der Waals surface area contributed by atoms with E-state index in [2.05, 4.69) is 10.3 Å². The lowest BCUT2D eigenvalue weighted by Gasteiger charge is -2.11. The molecule has 0 saturated carbocycles. The van der Waals surface area contributed by atoms with Gasteiger partial charge in [0.05, 0.1) is 35.2 Å². The van der Waals surface area contributed by atoms with Gasteiger partial charge in [0.15, 0.2) is 9.84 Å². The molecule has 1 aliphatic rings. The summed E-state index contributed by atoms with van der Waals surface area (Å²) in [5.41, 5.74) is 1.12. The van der Waals surface area contributed by atoms with Crippen molar-refractivity contribution in [2.45, 2.75) is 12.5 Å². The molecule has 1 fully saturated rings. The lowest BCUT2D eigenvalue weighted by atomic mass is 10.1. The minimum atomic E-state index is -3.08. The molecule has 2 heterocycles. The van der Waals surface area contributed by atoms with Gasteiger partial charge in [-0.2, -0.15) is 0 Å². The van der Waals surface area contributed by atoms with Gasteiger partial charge >= 0.3 is 0 Å². The molecular weight excluding hydrogens is 394 g/mol. The summed E-state index contributed by atoms with van der Waals surface area (Å²) in [5.74, 6) is 0.343. The number of rotatable bonds is 4. The number of hydrogen-bond donors (Lipinski definition) is 1. The largest absolute Gasteiger partial charge is 0.497 e. The third-order valence-corrected chi connectivity index (χ3v) is 6.71. The zero-order valence-electron chi connectivity index (χ0n) is 15.7. The fraction of sp³-hybridized carbons (Fsp3) is 0.250. The van der Waals surface area contributed by atoms with E-state index in [-0.39, 0.29) is 29.0 Å². The lowest BCUT2D eigenvalue weighted by molar-refractivity contribution is 0.0941. The molecule has 4 rings (SSSR count). The number of aromatic nitrogens is 2. The Morgan fingerprint density at radius 2 is 1.97 bits per heavy atom. The molecule has 8 nitrogen and oxygen atoms in total. The Balaban J connectivity index is 1.61. The van der Waals surface area contributed by atoms with Gasteiger partial charge in [0.1, 0.15) is 12.1 Å². The third kappa shape index (κ3) is 3.86. The van der Waals surface area contributed by atoms with Crippen molar-refractivity contribution in [2.24, 2.45) is 0 Å². The number of amides is 1. The summed E-state index contributed by atoms with van der Waals surface area (Å²) in [6.07, 6.45) is 1.82. The first-order valence-corrected chi connectivity index (χ1v) is 10.9. The molecule has 0 radical (unpaired) electrons. The Morgan fingerprint density at radius 1 is 1.21 bits per heavy atom. The van der Waals surface area contributed by atoms with Gasteiger partial charge < -0.3 is 10.1 Å². The molecule has 1 aromatic heterocycles. The number of carbonyl (C=O) groups excluding carboxylic acids is 1. The fourth-order valence-electron chi connectivity index (χ4n) is 3.37. The zero-order chi connectivity index (χ0) is 20.6. The van der Waals surface area contributed by atoms with E-state index in [1.54, 1.807) is 43.5 Å². The Hall–Kier alpha value is -3.20. The topological polar surface area (TPSA) is 107 Å². The second kappa shape index (κ2) is 7.32. The van der Waals surface area contributed by atoms with Crippen LogP contribution in [0, 0.1) is 0 Å². The van der Waals surface area contributed by atoms with Crippen LogP contribution in [0.2, 0.25) is 0 Å². The van der Waals surface area contributed by atoms with Crippen LogP contribution in [0.1, 0.15) is 16.8 Å². The first-order chi connectivity index (χ1) is 13.9. The number of sulfone groups is 1. The molecule has 0 bridgehead atoms. The van der Waals surface area contributed by atoms with Crippen LogP contribution in [0.15, 0.2) is 53.6 Å². The normalized spacial score (nSPS) is 17.9. The van der Waals surface area contributed by atoms with Gasteiger partial charge in [-0.15, -0.1) is 0 Å². The van der Waals surface area contributed by atoms with Crippen molar-refractivity contribution in [1.82, 2.24) is 14.9 Å². The van der Waals surface area contributed by atoms with Crippen LogP contribution in [0.3, 0.4) is 0 Å². The minimum absolute atomic E-state index is 0.0445. The maximum atomic E-state index is 12.8. The molecule has 1 amide bonds. The van der Waals surface area contributed by atoms with Crippen molar-refractivity contribution in [2.75, 3.05) is 18.6 Å². The number of ether oxygens (including phenoxy) is 1. The molecule has 0 unspecified atom stereocenters. The van der Waals surface area contributed by atoms with E-state index < -0.39 is 9.84 Å². The SMILES string of the molecule is COc1ccc(-n2cnc3cc(C(=O)N[C@@H]4CCS(=O)(=O)C4)ccc3c2=O)cc1. The molecule has 2 aromatic carbocycles. The summed E-state index contributed by atoms with van der Waals surface area (Å²) in [6.45, 7) is 0. The number of fused-ring (bicyclic) bond motifs is 1. The van der Waals surface area contributed by atoms with Crippen LogP contribution in [0.5, 0.6) is 5.75 Å². The highest BCUT2D eigenvalue weighted by Crippen LogP contribution is 2.16. The summed E-state index contributed by atoms with van der Waals surface area (Å²) >= 11 is 0. The Morgan fingerprint density at radius 3 is 2.62 bits per heavy atom. The standard InChI is InChI=1S/C20H19N3O5S/c1-28-16-5-3-15(4-6-16)23-12-21-18-10-13(2-7-17(18)20(23)25)19(24)22-14-8-9-29(26,27)11-14/h2-7,10,12,14H,8-9,11H2,1H3,(H,22,24)/t14-/m1/s1. The monoisotopic (exact) mass is 413 g/mol. The minimum Gasteiger partial charge on any atom is -0.497 e. The van der Waals surface area contributed by atoms with Crippen molar-refractivity contribution in [3.63, 3.8) is 0 Å². The molecule has 0 spiro atoms. The molecule has 1 N–H and O–H groups in total. The van der Waals surface area contributed by atoms with Crippen molar-refractivity contribution in [3.8, 4) is 11.4 Å². The summed E-state index contributed by atoms with van der Waals surface area (Å²) in [5, 5.41) is 3.12. The third-order valence-electron chi connectivity index (χ3n) is 4.94. The Bertz CT molecular complexity index is 1250. The molecule has 3 aromatic rings. The Kier molecular flexibility index (Phi) is 4.83. The van der Waals surface area contributed by atoms with Crippen molar-refractivity contribution < 1.29 is 17.9 Å². The summed E-state index contributed by atoms with van der Waals surface area (Å²) in [4.78, 5) is 29.6. The van der Waals surface area contributed by atoms with Crippen LogP contribution < -0.4 is 15.6 Å². The zero-order valence-corrected chi connectivity index (χ0v) is 16.5. The van der Waals surface area contributed by atoms with E-state index >= 15 is 0 Å². The summed E-state index contributed by atoms with van der Waals surface area (Å²) in [7, 11) is -1.51. The molecule has 0 aliphatic carbocycles. The van der Waals surface area contributed by atoms with Crippen molar-refractivity contribution >= 4 is 26.6 Å². The first-order valence-electron chi connectivity index (χ1n) is 9.03. The molecule has 150 valence electrons. The highest BCUT2D eigenvalue weighted by atomic mass is 32.2. The van der Waals surface area contributed by atoms with Gasteiger partial charge in [-0.3, -0.25) is 14.2 Å². The maximum Gasteiger partial charge on any atom is 0.265 e. The van der Waals surface area contributed by atoms with Gasteiger partial charge in [-0.1, -0.05) is 0 Å². The second-order valence-electron chi connectivity index (χ2n) is 6.92. The first kappa shape index (κ1) is 19.1. The van der Waals surface area contributed by atoms with Gasteiger partial charge in [-0.05, 0) is 48.9 Å². The quantitative estimate of drug-likeness (QED) is 0.691. The number of carbonyl (C=O) groups is 1. The van der Waals surface area contributed by atoms with Crippen LogP contribution in [-0.4, -0.2) is 48.5 Å². The molecule has 1 saturated heterocycles. The highest BCUT2D eigenvalue weighted by molar-refractivity contribution is 7.91. The van der Waals surface area contributed by atoms with E-state index in [4.69, 9.17) is 4.74 Å². The average Bonchev–Trinajstić information content (AvgIpc) is 3.06. The average molecular weight is 413 g/mol. The van der Waals surface area contributed by atoms with Gasteiger partial charge in [0, 0.05) is 11.6 Å². The van der Waals surface area contributed by atoms with E-state index in [1.165, 1.54) is 17.0 Å². The van der Waals surface area contributed by atoms with Gasteiger partial charge in [-0.25, -0.2) is 13.4 Å². The van der Waals surface area contributed by atoms with Crippen LogP contribution in [-0.2, 0) is 9.84 Å². The molecular formula is C20H19N3O5S. The number of benzene rings is 2. The molecule has 9 heteroatoms. The molecule has 29 heavy (non-hydrogen) atoms. The molecule has 1 aliphatic heterocycles. The van der Waals surface area contributed by atoms with Gasteiger partial charge in [0.25, 0.3) is 11.5 Å². The maximum absolute atomic E-state index is 12.8. The Labute approximate surface area is 167 Å². The van der Waals surface area contributed by atoms with Crippen molar-refractivity contribution in [3.05, 3.63) is 64.7 Å². The van der Waals surface area contributed by atoms with E-state index in [9.17, 15) is 18.0 Å². The number of methoxy groups -OCH3 is 1. The van der Waals surface area contributed by atoms with Crippen molar-refractivity contribution in [1.29, 1.82) is 0 Å². The predicted molar refractivity (Wildman–Crippen MR) is 108 cm³/mol. The van der Waals surface area contributed by atoms with E-state index in [0.717, 1.165) is 0 Å². The van der Waals surface area contributed by atoms with Crippen LogP contribution in [0.25, 0.3) is 16.6 Å². The number of hydrogen-bond acceptors (Lipinski definition) is 6. The van der Waals surface area contributed by atoms with E-state index in [1.807, 2.05) is 0 Å². The second-order valence-corrected chi connectivity index (χ2v) is 9.15. The predicted octanol–water partition coefficient (Wildman–Crippen LogP) is 1.31. The number of nitrogens with zero attached hydrogens (tertiary/aromatic N) is 2. The lowest BCUT2D eigenvalue weighted by Crippen LogP contribution is -2.35. The van der Waals surface area contributed by atoms with Gasteiger partial charge in [0.2, 0.25) is 0 Å². The summed E-state index contributed by atoms with van der Waals surface area (Å²) < 4.78 is 29.6. The molecule has 1 atom stereocenters. The fourth-order valence-corrected chi connectivity index (χ4v) is 5.04. The van der Waals surface area contributed by atoms with Crippen LogP contribution >= 0.6 is 0 Å².